The Labute approximate surface area is 204 Å². The Morgan fingerprint density at radius 2 is 2.09 bits per heavy atom. The third-order valence-corrected chi connectivity index (χ3v) is 5.44. The topological polar surface area (TPSA) is 84.8 Å². The molecule has 1 aliphatic heterocycles. The first-order valence-electron chi connectivity index (χ1n) is 11.5. The maximum atomic E-state index is 13.3. The number of alkyl halides is 1. The van der Waals surface area contributed by atoms with Crippen LogP contribution in [0.5, 0.6) is 17.4 Å². The molecule has 1 saturated heterocycles. The average Bonchev–Trinajstić information content (AvgIpc) is 3.27. The molecule has 35 heavy (non-hydrogen) atoms. The second-order valence-electron chi connectivity index (χ2n) is 8.28. The van der Waals surface area contributed by atoms with Crippen LogP contribution in [0.3, 0.4) is 0 Å². The molecule has 0 bridgehead atoms. The fraction of sp³-hybridized carbons (Fsp3) is 0.308. The normalized spacial score (nSPS) is 16.7. The Morgan fingerprint density at radius 1 is 1.23 bits per heavy atom. The van der Waals surface area contributed by atoms with E-state index in [4.69, 9.17) is 9.47 Å². The zero-order valence-electron chi connectivity index (χ0n) is 19.9. The van der Waals surface area contributed by atoms with E-state index in [-0.39, 0.29) is 0 Å². The minimum atomic E-state index is -0.721. The summed E-state index contributed by atoms with van der Waals surface area (Å²) < 4.78 is 24.9. The van der Waals surface area contributed by atoms with Crippen molar-refractivity contribution in [2.24, 2.45) is 4.99 Å². The minimum absolute atomic E-state index is 0.433. The number of nitrogens with one attached hydrogen (secondary N) is 1. The highest BCUT2D eigenvalue weighted by Gasteiger charge is 2.21. The van der Waals surface area contributed by atoms with Gasteiger partial charge in [0.2, 0.25) is 5.88 Å². The van der Waals surface area contributed by atoms with E-state index in [0.717, 1.165) is 23.0 Å². The summed E-state index contributed by atoms with van der Waals surface area (Å²) in [5.41, 5.74) is 1.68. The molecular formula is C26H29FN6O2. The van der Waals surface area contributed by atoms with Gasteiger partial charge in [0, 0.05) is 38.1 Å². The van der Waals surface area contributed by atoms with Crippen LogP contribution in [0.1, 0.15) is 13.3 Å². The Morgan fingerprint density at radius 3 is 2.80 bits per heavy atom. The van der Waals surface area contributed by atoms with E-state index in [1.54, 1.807) is 25.4 Å². The van der Waals surface area contributed by atoms with E-state index in [1.165, 1.54) is 6.33 Å². The van der Waals surface area contributed by atoms with Gasteiger partial charge >= 0.3 is 0 Å². The number of amidine groups is 1. The van der Waals surface area contributed by atoms with Crippen molar-refractivity contribution in [2.45, 2.75) is 19.5 Å². The lowest BCUT2D eigenvalue weighted by molar-refractivity contribution is 0.224. The molecule has 0 radical (unpaired) electrons. The molecule has 0 spiro atoms. The summed E-state index contributed by atoms with van der Waals surface area (Å²) in [7, 11) is 1.70. The van der Waals surface area contributed by atoms with Gasteiger partial charge in [-0.05, 0) is 43.7 Å². The van der Waals surface area contributed by atoms with Gasteiger partial charge in [0.15, 0.2) is 0 Å². The number of aliphatic imine (C=N–C) groups is 1. The van der Waals surface area contributed by atoms with Crippen LogP contribution in [0, 0.1) is 0 Å². The van der Waals surface area contributed by atoms with Crippen LogP contribution in [0.2, 0.25) is 0 Å². The number of ether oxygens (including phenoxy) is 2. The number of allylic oxidation sites excluding steroid dienone is 2. The molecule has 8 nitrogen and oxygen atoms in total. The van der Waals surface area contributed by atoms with Gasteiger partial charge in [-0.2, -0.15) is 0 Å². The first kappa shape index (κ1) is 24.3. The van der Waals surface area contributed by atoms with Crippen molar-refractivity contribution in [3.63, 3.8) is 0 Å². The molecule has 0 saturated carbocycles. The van der Waals surface area contributed by atoms with Crippen molar-refractivity contribution in [3.8, 4) is 17.4 Å². The molecular weight excluding hydrogens is 447 g/mol. The second-order valence-corrected chi connectivity index (χ2v) is 8.28. The molecule has 3 heterocycles. The molecule has 1 unspecified atom stereocenters. The first-order chi connectivity index (χ1) is 17.0. The van der Waals surface area contributed by atoms with Gasteiger partial charge in [0.05, 0.1) is 11.7 Å². The lowest BCUT2D eigenvalue weighted by Gasteiger charge is -2.15. The molecule has 3 aromatic rings. The van der Waals surface area contributed by atoms with Gasteiger partial charge in [0.1, 0.15) is 42.3 Å². The third kappa shape index (κ3) is 6.83. The van der Waals surface area contributed by atoms with Gasteiger partial charge in [-0.1, -0.05) is 18.2 Å². The summed E-state index contributed by atoms with van der Waals surface area (Å²) in [5, 5.41) is 4.01. The number of aromatic nitrogens is 3. The highest BCUT2D eigenvalue weighted by Crippen LogP contribution is 2.28. The van der Waals surface area contributed by atoms with Crippen molar-refractivity contribution in [2.75, 3.05) is 38.6 Å². The second kappa shape index (κ2) is 11.5. The smallest absolute Gasteiger partial charge is 0.219 e. The van der Waals surface area contributed by atoms with E-state index in [1.807, 2.05) is 37.3 Å². The number of hydrogen-bond acceptors (Lipinski definition) is 7. The van der Waals surface area contributed by atoms with Gasteiger partial charge in [-0.25, -0.2) is 19.3 Å². The van der Waals surface area contributed by atoms with Crippen molar-refractivity contribution in [3.05, 3.63) is 67.2 Å². The summed E-state index contributed by atoms with van der Waals surface area (Å²) in [6, 6.07) is 9.10. The van der Waals surface area contributed by atoms with Crippen molar-refractivity contribution >= 4 is 22.6 Å². The van der Waals surface area contributed by atoms with E-state index in [9.17, 15) is 4.39 Å². The fourth-order valence-corrected chi connectivity index (χ4v) is 3.63. The predicted molar refractivity (Wildman–Crippen MR) is 136 cm³/mol. The molecule has 1 aliphatic rings. The van der Waals surface area contributed by atoms with E-state index in [2.05, 4.69) is 36.7 Å². The Balaban J connectivity index is 1.40. The number of rotatable bonds is 9. The standard InChI is InChI=1S/C26H29FN6O2/c1-18(2)4-8-24(28-3)32-26-22-14-20(5-7-23(22)30-17-31-26)35-25-9-6-21(15-29-25)34-13-12-33-11-10-19(27)16-33/h4-9,14-15,17,19H,1,10-13,16H2,2-3H3,(H,28,30,31,32). The van der Waals surface area contributed by atoms with E-state index in [0.29, 0.717) is 55.1 Å². The third-order valence-electron chi connectivity index (χ3n) is 5.44. The summed E-state index contributed by atoms with van der Waals surface area (Å²) in [6.45, 7) is 8.23. The van der Waals surface area contributed by atoms with Crippen LogP contribution in [0.4, 0.5) is 10.2 Å². The summed E-state index contributed by atoms with van der Waals surface area (Å²) in [4.78, 5) is 19.4. The number of pyridine rings is 1. The van der Waals surface area contributed by atoms with Gasteiger partial charge in [-0.3, -0.25) is 9.89 Å². The molecule has 1 N–H and O–H groups in total. The van der Waals surface area contributed by atoms with Gasteiger partial charge in [-0.15, -0.1) is 0 Å². The molecule has 1 atom stereocenters. The number of halogens is 1. The van der Waals surface area contributed by atoms with E-state index < -0.39 is 6.17 Å². The molecule has 0 aliphatic carbocycles. The van der Waals surface area contributed by atoms with Crippen molar-refractivity contribution < 1.29 is 13.9 Å². The largest absolute Gasteiger partial charge is 0.491 e. The maximum Gasteiger partial charge on any atom is 0.219 e. The molecule has 2 aromatic heterocycles. The first-order valence-corrected chi connectivity index (χ1v) is 11.5. The molecule has 4 rings (SSSR count). The Bertz CT molecular complexity index is 1230. The molecule has 1 fully saturated rings. The average molecular weight is 477 g/mol. The number of benzene rings is 1. The van der Waals surface area contributed by atoms with Gasteiger partial charge < -0.3 is 14.8 Å². The maximum absolute atomic E-state index is 13.3. The highest BCUT2D eigenvalue weighted by atomic mass is 19.1. The van der Waals surface area contributed by atoms with Crippen LogP contribution in [-0.2, 0) is 0 Å². The number of anilines is 1. The Hall–Kier alpha value is -3.85. The van der Waals surface area contributed by atoms with Crippen LogP contribution in [0.25, 0.3) is 10.9 Å². The van der Waals surface area contributed by atoms with Crippen LogP contribution in [0.15, 0.2) is 72.2 Å². The van der Waals surface area contributed by atoms with Crippen LogP contribution < -0.4 is 14.8 Å². The number of nitrogens with zero attached hydrogens (tertiary/aromatic N) is 5. The number of likely N-dealkylation sites (tertiary alicyclic amines) is 1. The minimum Gasteiger partial charge on any atom is -0.491 e. The molecule has 9 heteroatoms. The van der Waals surface area contributed by atoms with Gasteiger partial charge in [0.25, 0.3) is 0 Å². The summed E-state index contributed by atoms with van der Waals surface area (Å²) in [5.74, 6) is 2.93. The predicted octanol–water partition coefficient (Wildman–Crippen LogP) is 4.81. The molecule has 182 valence electrons. The Kier molecular flexibility index (Phi) is 7.99. The highest BCUT2D eigenvalue weighted by molar-refractivity contribution is 6.07. The zero-order chi connectivity index (χ0) is 24.6. The number of hydrogen-bond donors (Lipinski definition) is 1. The molecule has 0 amide bonds. The van der Waals surface area contributed by atoms with E-state index >= 15 is 0 Å². The summed E-state index contributed by atoms with van der Waals surface area (Å²) in [6.07, 6.45) is 6.71. The van der Waals surface area contributed by atoms with Crippen LogP contribution >= 0.6 is 0 Å². The zero-order valence-corrected chi connectivity index (χ0v) is 19.9. The van der Waals surface area contributed by atoms with Crippen molar-refractivity contribution in [1.82, 2.24) is 19.9 Å². The summed E-state index contributed by atoms with van der Waals surface area (Å²) >= 11 is 0. The van der Waals surface area contributed by atoms with Crippen molar-refractivity contribution in [1.29, 1.82) is 0 Å². The lowest BCUT2D eigenvalue weighted by atomic mass is 10.2. The lowest BCUT2D eigenvalue weighted by Crippen LogP contribution is -2.26. The molecule has 1 aromatic carbocycles. The quantitative estimate of drug-likeness (QED) is 0.269. The van der Waals surface area contributed by atoms with Crippen LogP contribution in [-0.4, -0.2) is 65.1 Å². The fourth-order valence-electron chi connectivity index (χ4n) is 3.63. The number of fused-ring (bicyclic) bond motifs is 1. The SMILES string of the molecule is C=C(C)C=CC(=NC)Nc1ncnc2ccc(Oc3ccc(OCCN4CCC(F)C4)cn3)cc12. The monoisotopic (exact) mass is 476 g/mol.